The molecule has 0 amide bonds. The minimum absolute atomic E-state index is 0.185. The maximum Gasteiger partial charge on any atom is 0.123 e. The Kier molecular flexibility index (Phi) is 5.30. The molecular formula is C16H22FN3. The molecule has 0 spiro atoms. The predicted molar refractivity (Wildman–Crippen MR) is 78.9 cm³/mol. The fourth-order valence-electron chi connectivity index (χ4n) is 2.09. The lowest BCUT2D eigenvalue weighted by molar-refractivity contribution is 0.533. The Morgan fingerprint density at radius 1 is 1.25 bits per heavy atom. The maximum atomic E-state index is 12.8. The van der Waals surface area contributed by atoms with E-state index in [4.69, 9.17) is 0 Å². The molecule has 1 aromatic carbocycles. The van der Waals surface area contributed by atoms with E-state index in [-0.39, 0.29) is 5.82 Å². The van der Waals surface area contributed by atoms with Gasteiger partial charge in [0.2, 0.25) is 0 Å². The second-order valence-electron chi connectivity index (χ2n) is 5.48. The maximum absolute atomic E-state index is 12.8. The van der Waals surface area contributed by atoms with Gasteiger partial charge in [-0.25, -0.2) is 9.37 Å². The lowest BCUT2D eigenvalue weighted by Gasteiger charge is -2.10. The van der Waals surface area contributed by atoms with Crippen molar-refractivity contribution in [3.8, 4) is 0 Å². The molecule has 108 valence electrons. The highest BCUT2D eigenvalue weighted by molar-refractivity contribution is 5.16. The van der Waals surface area contributed by atoms with Crippen LogP contribution in [0.4, 0.5) is 4.39 Å². The van der Waals surface area contributed by atoms with E-state index in [1.54, 1.807) is 0 Å². The van der Waals surface area contributed by atoms with Gasteiger partial charge < -0.3 is 9.88 Å². The van der Waals surface area contributed by atoms with Crippen molar-refractivity contribution in [2.45, 2.75) is 33.4 Å². The number of nitrogens with zero attached hydrogens (tertiary/aromatic N) is 2. The molecule has 0 unspecified atom stereocenters. The quantitative estimate of drug-likeness (QED) is 0.842. The highest BCUT2D eigenvalue weighted by Crippen LogP contribution is 2.07. The van der Waals surface area contributed by atoms with Crippen LogP contribution in [0.25, 0.3) is 0 Å². The summed E-state index contributed by atoms with van der Waals surface area (Å²) in [7, 11) is 0. The van der Waals surface area contributed by atoms with Crippen LogP contribution in [0, 0.1) is 11.7 Å². The molecule has 4 heteroatoms. The molecule has 0 radical (unpaired) electrons. The van der Waals surface area contributed by atoms with Gasteiger partial charge in [-0.1, -0.05) is 26.0 Å². The van der Waals surface area contributed by atoms with Crippen molar-refractivity contribution >= 4 is 0 Å². The minimum atomic E-state index is -0.185. The highest BCUT2D eigenvalue weighted by Gasteiger charge is 2.03. The number of benzene rings is 1. The molecule has 0 fully saturated rings. The second-order valence-corrected chi connectivity index (χ2v) is 5.48. The minimum Gasteiger partial charge on any atom is -0.333 e. The zero-order valence-electron chi connectivity index (χ0n) is 12.1. The number of imidazole rings is 1. The van der Waals surface area contributed by atoms with E-state index < -0.39 is 0 Å². The number of hydrogen-bond donors (Lipinski definition) is 1. The van der Waals surface area contributed by atoms with E-state index in [0.29, 0.717) is 5.92 Å². The highest BCUT2D eigenvalue weighted by atomic mass is 19.1. The lowest BCUT2D eigenvalue weighted by Crippen LogP contribution is -2.21. The summed E-state index contributed by atoms with van der Waals surface area (Å²) < 4.78 is 15.0. The van der Waals surface area contributed by atoms with Gasteiger partial charge in [0.05, 0.1) is 12.0 Å². The van der Waals surface area contributed by atoms with Gasteiger partial charge in [-0.3, -0.25) is 0 Å². The molecule has 0 saturated heterocycles. The monoisotopic (exact) mass is 275 g/mol. The van der Waals surface area contributed by atoms with Crippen LogP contribution in [0.15, 0.2) is 36.8 Å². The molecule has 3 nitrogen and oxygen atoms in total. The average Bonchev–Trinajstić information content (AvgIpc) is 2.85. The van der Waals surface area contributed by atoms with Gasteiger partial charge in [0, 0.05) is 19.3 Å². The van der Waals surface area contributed by atoms with Crippen molar-refractivity contribution in [1.29, 1.82) is 0 Å². The summed E-state index contributed by atoms with van der Waals surface area (Å²) in [5.74, 6) is 0.459. The standard InChI is InChI=1S/C16H22FN3/c1-13(2)9-18-10-16-11-19-12-20(16)8-7-14-3-5-15(17)6-4-14/h3-6,11-13,18H,7-10H2,1-2H3. The predicted octanol–water partition coefficient (Wildman–Crippen LogP) is 3.01. The van der Waals surface area contributed by atoms with Gasteiger partial charge in [-0.2, -0.15) is 0 Å². The van der Waals surface area contributed by atoms with E-state index in [2.05, 4.69) is 28.7 Å². The molecule has 2 aromatic rings. The Labute approximate surface area is 119 Å². The number of aromatic nitrogens is 2. The summed E-state index contributed by atoms with van der Waals surface area (Å²) in [6.45, 7) is 7.09. The van der Waals surface area contributed by atoms with Crippen LogP contribution in [-0.4, -0.2) is 16.1 Å². The summed E-state index contributed by atoms with van der Waals surface area (Å²) >= 11 is 0. The Bertz CT molecular complexity index is 517. The Hall–Kier alpha value is -1.68. The molecule has 1 aromatic heterocycles. The van der Waals surface area contributed by atoms with Crippen molar-refractivity contribution in [2.75, 3.05) is 6.54 Å². The molecule has 0 aliphatic rings. The molecule has 0 aliphatic heterocycles. The van der Waals surface area contributed by atoms with Gasteiger partial charge in [-0.15, -0.1) is 0 Å². The smallest absolute Gasteiger partial charge is 0.123 e. The summed E-state index contributed by atoms with van der Waals surface area (Å²) in [4.78, 5) is 4.21. The van der Waals surface area contributed by atoms with Gasteiger partial charge >= 0.3 is 0 Å². The van der Waals surface area contributed by atoms with Crippen molar-refractivity contribution in [2.24, 2.45) is 5.92 Å². The van der Waals surface area contributed by atoms with E-state index >= 15 is 0 Å². The van der Waals surface area contributed by atoms with E-state index in [1.807, 2.05) is 24.7 Å². The first-order valence-corrected chi connectivity index (χ1v) is 7.09. The summed E-state index contributed by atoms with van der Waals surface area (Å²) in [6, 6.07) is 6.69. The largest absolute Gasteiger partial charge is 0.333 e. The summed E-state index contributed by atoms with van der Waals surface area (Å²) in [5.41, 5.74) is 2.33. The fourth-order valence-corrected chi connectivity index (χ4v) is 2.09. The van der Waals surface area contributed by atoms with E-state index in [0.717, 1.165) is 31.6 Å². The fraction of sp³-hybridized carbons (Fsp3) is 0.438. The molecule has 20 heavy (non-hydrogen) atoms. The molecule has 0 bridgehead atoms. The average molecular weight is 275 g/mol. The molecular weight excluding hydrogens is 253 g/mol. The molecule has 0 atom stereocenters. The Balaban J connectivity index is 1.86. The van der Waals surface area contributed by atoms with Crippen LogP contribution in [0.1, 0.15) is 25.1 Å². The van der Waals surface area contributed by atoms with E-state index in [1.165, 1.54) is 17.8 Å². The summed E-state index contributed by atoms with van der Waals surface area (Å²) in [6.07, 6.45) is 4.64. The van der Waals surface area contributed by atoms with Gasteiger partial charge in [0.15, 0.2) is 0 Å². The number of halogens is 1. The third-order valence-corrected chi connectivity index (χ3v) is 3.21. The number of hydrogen-bond acceptors (Lipinski definition) is 2. The second kappa shape index (κ2) is 7.20. The molecule has 0 aliphatic carbocycles. The van der Waals surface area contributed by atoms with Crippen molar-refractivity contribution in [3.05, 3.63) is 53.9 Å². The first-order valence-electron chi connectivity index (χ1n) is 7.09. The first-order chi connectivity index (χ1) is 9.65. The first kappa shape index (κ1) is 14.7. The van der Waals surface area contributed by atoms with Crippen LogP contribution in [0.5, 0.6) is 0 Å². The zero-order valence-corrected chi connectivity index (χ0v) is 12.1. The molecule has 2 rings (SSSR count). The van der Waals surface area contributed by atoms with Crippen molar-refractivity contribution < 1.29 is 4.39 Å². The Morgan fingerprint density at radius 2 is 2.00 bits per heavy atom. The Morgan fingerprint density at radius 3 is 2.70 bits per heavy atom. The van der Waals surface area contributed by atoms with Crippen molar-refractivity contribution in [1.82, 2.24) is 14.9 Å². The third kappa shape index (κ3) is 4.46. The topological polar surface area (TPSA) is 29.9 Å². The van der Waals surface area contributed by atoms with Crippen LogP contribution in [0.3, 0.4) is 0 Å². The summed E-state index contributed by atoms with van der Waals surface area (Å²) in [5, 5.41) is 3.42. The van der Waals surface area contributed by atoms with Crippen LogP contribution in [-0.2, 0) is 19.5 Å². The third-order valence-electron chi connectivity index (χ3n) is 3.21. The van der Waals surface area contributed by atoms with Gasteiger partial charge in [0.25, 0.3) is 0 Å². The van der Waals surface area contributed by atoms with Gasteiger partial charge in [-0.05, 0) is 36.6 Å². The number of rotatable bonds is 7. The molecule has 1 N–H and O–H groups in total. The van der Waals surface area contributed by atoms with Crippen molar-refractivity contribution in [3.63, 3.8) is 0 Å². The molecule has 0 saturated carbocycles. The normalized spacial score (nSPS) is 11.2. The number of aryl methyl sites for hydroxylation is 2. The zero-order chi connectivity index (χ0) is 14.4. The molecule has 1 heterocycles. The number of nitrogens with one attached hydrogen (secondary N) is 1. The van der Waals surface area contributed by atoms with E-state index in [9.17, 15) is 4.39 Å². The lowest BCUT2D eigenvalue weighted by atomic mass is 10.1. The van der Waals surface area contributed by atoms with Crippen LogP contribution in [0.2, 0.25) is 0 Å². The van der Waals surface area contributed by atoms with Crippen LogP contribution >= 0.6 is 0 Å². The van der Waals surface area contributed by atoms with Crippen LogP contribution < -0.4 is 5.32 Å². The SMILES string of the molecule is CC(C)CNCc1cncn1CCc1ccc(F)cc1. The van der Waals surface area contributed by atoms with Gasteiger partial charge in [0.1, 0.15) is 5.82 Å².